The molecule has 1 amide bonds. The number of carbonyl (C=O) groups excluding carboxylic acids is 1. The molecule has 20 heavy (non-hydrogen) atoms. The van der Waals surface area contributed by atoms with Crippen LogP contribution in [0.2, 0.25) is 0 Å². The Labute approximate surface area is 119 Å². The summed E-state index contributed by atoms with van der Waals surface area (Å²) in [6.07, 6.45) is 3.56. The molecule has 0 fully saturated rings. The lowest BCUT2D eigenvalue weighted by Crippen LogP contribution is -2.22. The molecule has 0 bridgehead atoms. The quantitative estimate of drug-likeness (QED) is 0.900. The second-order valence-corrected chi connectivity index (χ2v) is 5.03. The van der Waals surface area contributed by atoms with E-state index >= 15 is 0 Å². The molecule has 1 N–H and O–H groups in total. The lowest BCUT2D eigenvalue weighted by atomic mass is 10.0. The molecular weight excluding hydrogens is 246 g/mol. The number of hydrogen-bond donors (Lipinski definition) is 1. The lowest BCUT2D eigenvalue weighted by Gasteiger charge is -2.07. The Bertz CT molecular complexity index is 643. The van der Waals surface area contributed by atoms with Crippen molar-refractivity contribution in [1.82, 2.24) is 5.32 Å². The van der Waals surface area contributed by atoms with Gasteiger partial charge in [-0.15, -0.1) is 0 Å². The molecule has 1 aliphatic rings. The zero-order chi connectivity index (χ0) is 13.8. The maximum atomic E-state index is 12.0. The van der Waals surface area contributed by atoms with Crippen LogP contribution in [0.15, 0.2) is 60.7 Å². The Morgan fingerprint density at radius 2 is 1.75 bits per heavy atom. The first kappa shape index (κ1) is 12.7. The van der Waals surface area contributed by atoms with Crippen LogP contribution in [0, 0.1) is 0 Å². The van der Waals surface area contributed by atoms with Crippen molar-refractivity contribution >= 4 is 11.5 Å². The first-order valence-electron chi connectivity index (χ1n) is 6.91. The first-order valence-corrected chi connectivity index (χ1v) is 6.91. The van der Waals surface area contributed by atoms with Crippen LogP contribution in [-0.4, -0.2) is 5.91 Å². The standard InChI is InChI=1S/C18H17NO/c20-18(19-13-14-6-2-1-3-7-14)12-16-11-10-15-8-4-5-9-17(15)16/h1-9,11H,10,12-13H2,(H,19,20). The number of nitrogens with one attached hydrogen (secondary N) is 1. The van der Waals surface area contributed by atoms with E-state index in [1.807, 2.05) is 42.5 Å². The fourth-order valence-electron chi connectivity index (χ4n) is 2.55. The number of amides is 1. The smallest absolute Gasteiger partial charge is 0.224 e. The van der Waals surface area contributed by atoms with E-state index in [1.54, 1.807) is 0 Å². The summed E-state index contributed by atoms with van der Waals surface area (Å²) < 4.78 is 0. The molecule has 0 radical (unpaired) electrons. The number of benzene rings is 2. The SMILES string of the molecule is O=C(CC1=CCc2ccccc21)NCc1ccccc1. The fourth-order valence-corrected chi connectivity index (χ4v) is 2.55. The number of carbonyl (C=O) groups is 1. The molecule has 0 aromatic heterocycles. The highest BCUT2D eigenvalue weighted by Gasteiger charge is 2.15. The minimum atomic E-state index is 0.0804. The summed E-state index contributed by atoms with van der Waals surface area (Å²) >= 11 is 0. The third-order valence-electron chi connectivity index (χ3n) is 3.62. The minimum absolute atomic E-state index is 0.0804. The molecule has 2 aromatic rings. The van der Waals surface area contributed by atoms with Crippen molar-refractivity contribution in [3.63, 3.8) is 0 Å². The van der Waals surface area contributed by atoms with Gasteiger partial charge in [0.15, 0.2) is 0 Å². The minimum Gasteiger partial charge on any atom is -0.352 e. The van der Waals surface area contributed by atoms with Crippen molar-refractivity contribution in [2.24, 2.45) is 0 Å². The van der Waals surface area contributed by atoms with Crippen molar-refractivity contribution in [2.75, 3.05) is 0 Å². The second kappa shape index (κ2) is 5.74. The summed E-state index contributed by atoms with van der Waals surface area (Å²) in [4.78, 5) is 12.0. The third-order valence-corrected chi connectivity index (χ3v) is 3.62. The second-order valence-electron chi connectivity index (χ2n) is 5.03. The van der Waals surface area contributed by atoms with Crippen LogP contribution in [0.3, 0.4) is 0 Å². The molecular formula is C18H17NO. The van der Waals surface area contributed by atoms with Gasteiger partial charge in [-0.2, -0.15) is 0 Å². The molecule has 0 saturated carbocycles. The summed E-state index contributed by atoms with van der Waals surface area (Å²) in [5.41, 5.74) is 4.81. The van der Waals surface area contributed by atoms with Gasteiger partial charge in [-0.3, -0.25) is 4.79 Å². The van der Waals surface area contributed by atoms with E-state index in [0.717, 1.165) is 17.6 Å². The molecule has 1 aliphatic carbocycles. The predicted molar refractivity (Wildman–Crippen MR) is 81.0 cm³/mol. The molecule has 0 aliphatic heterocycles. The van der Waals surface area contributed by atoms with Gasteiger partial charge in [-0.05, 0) is 28.7 Å². The van der Waals surface area contributed by atoms with Crippen molar-refractivity contribution in [2.45, 2.75) is 19.4 Å². The van der Waals surface area contributed by atoms with Crippen LogP contribution in [0.4, 0.5) is 0 Å². The fraction of sp³-hybridized carbons (Fsp3) is 0.167. The zero-order valence-corrected chi connectivity index (χ0v) is 11.3. The van der Waals surface area contributed by atoms with Crippen molar-refractivity contribution in [3.05, 3.63) is 77.4 Å². The zero-order valence-electron chi connectivity index (χ0n) is 11.3. The van der Waals surface area contributed by atoms with Gasteiger partial charge in [0.25, 0.3) is 0 Å². The molecule has 3 rings (SSSR count). The van der Waals surface area contributed by atoms with Crippen LogP contribution in [0.1, 0.15) is 23.1 Å². The average Bonchev–Trinajstić information content (AvgIpc) is 2.90. The molecule has 2 aromatic carbocycles. The molecule has 100 valence electrons. The van der Waals surface area contributed by atoms with Gasteiger partial charge >= 0.3 is 0 Å². The van der Waals surface area contributed by atoms with Gasteiger partial charge in [0.05, 0.1) is 6.42 Å². The molecule has 2 heteroatoms. The summed E-state index contributed by atoms with van der Waals surface area (Å²) in [5.74, 6) is 0.0804. The van der Waals surface area contributed by atoms with Gasteiger partial charge < -0.3 is 5.32 Å². The van der Waals surface area contributed by atoms with E-state index in [0.29, 0.717) is 13.0 Å². The average molecular weight is 263 g/mol. The first-order chi connectivity index (χ1) is 9.83. The maximum absolute atomic E-state index is 12.0. The normalized spacial score (nSPS) is 12.7. The van der Waals surface area contributed by atoms with E-state index in [9.17, 15) is 4.79 Å². The van der Waals surface area contributed by atoms with Gasteiger partial charge in [0.2, 0.25) is 5.91 Å². The maximum Gasteiger partial charge on any atom is 0.224 e. The Morgan fingerprint density at radius 1 is 1.00 bits per heavy atom. The number of allylic oxidation sites excluding steroid dienone is 1. The molecule has 0 heterocycles. The highest BCUT2D eigenvalue weighted by molar-refractivity contribution is 5.90. The largest absolute Gasteiger partial charge is 0.352 e. The molecule has 0 unspecified atom stereocenters. The van der Waals surface area contributed by atoms with E-state index in [-0.39, 0.29) is 5.91 Å². The van der Waals surface area contributed by atoms with Gasteiger partial charge in [-0.1, -0.05) is 60.7 Å². The summed E-state index contributed by atoms with van der Waals surface area (Å²) in [5, 5.41) is 2.98. The number of fused-ring (bicyclic) bond motifs is 1. The highest BCUT2D eigenvalue weighted by atomic mass is 16.1. The third kappa shape index (κ3) is 2.80. The Hall–Kier alpha value is -2.35. The van der Waals surface area contributed by atoms with Gasteiger partial charge in [0.1, 0.15) is 0 Å². The molecule has 0 saturated heterocycles. The topological polar surface area (TPSA) is 29.1 Å². The number of hydrogen-bond acceptors (Lipinski definition) is 1. The van der Waals surface area contributed by atoms with E-state index in [4.69, 9.17) is 0 Å². The molecule has 0 atom stereocenters. The van der Waals surface area contributed by atoms with E-state index < -0.39 is 0 Å². The van der Waals surface area contributed by atoms with Crippen molar-refractivity contribution < 1.29 is 4.79 Å². The van der Waals surface area contributed by atoms with Crippen molar-refractivity contribution in [1.29, 1.82) is 0 Å². The van der Waals surface area contributed by atoms with Crippen LogP contribution in [0.25, 0.3) is 5.57 Å². The number of rotatable bonds is 4. The van der Waals surface area contributed by atoms with E-state index in [1.165, 1.54) is 11.1 Å². The highest BCUT2D eigenvalue weighted by Crippen LogP contribution is 2.29. The Kier molecular flexibility index (Phi) is 3.64. The Morgan fingerprint density at radius 3 is 2.60 bits per heavy atom. The van der Waals surface area contributed by atoms with Crippen LogP contribution < -0.4 is 5.32 Å². The monoisotopic (exact) mass is 263 g/mol. The summed E-state index contributed by atoms with van der Waals surface area (Å²) in [7, 11) is 0. The summed E-state index contributed by atoms with van der Waals surface area (Å²) in [6.45, 7) is 0.592. The van der Waals surface area contributed by atoms with Crippen LogP contribution in [-0.2, 0) is 17.8 Å². The predicted octanol–water partition coefficient (Wildman–Crippen LogP) is 3.33. The van der Waals surface area contributed by atoms with E-state index in [2.05, 4.69) is 23.5 Å². The van der Waals surface area contributed by atoms with Gasteiger partial charge in [0, 0.05) is 6.54 Å². The van der Waals surface area contributed by atoms with Crippen LogP contribution in [0.5, 0.6) is 0 Å². The van der Waals surface area contributed by atoms with Crippen molar-refractivity contribution in [3.8, 4) is 0 Å². The van der Waals surface area contributed by atoms with Crippen LogP contribution >= 0.6 is 0 Å². The lowest BCUT2D eigenvalue weighted by molar-refractivity contribution is -0.120. The molecule has 2 nitrogen and oxygen atoms in total. The molecule has 0 spiro atoms. The van der Waals surface area contributed by atoms with Gasteiger partial charge in [-0.25, -0.2) is 0 Å². The Balaban J connectivity index is 1.58. The summed E-state index contributed by atoms with van der Waals surface area (Å²) in [6, 6.07) is 18.3.